The second-order valence-electron chi connectivity index (χ2n) is 4.14. The Morgan fingerprint density at radius 3 is 2.43 bits per heavy atom. The first-order valence-electron chi connectivity index (χ1n) is 5.21. The number of piperidine rings is 1. The molecule has 1 fully saturated rings. The molecule has 2 N–H and O–H groups in total. The van der Waals surface area contributed by atoms with Gasteiger partial charge in [0.05, 0.1) is 5.25 Å². The van der Waals surface area contributed by atoms with Crippen LogP contribution in [0, 0.1) is 5.92 Å². The van der Waals surface area contributed by atoms with Gasteiger partial charge in [-0.1, -0.05) is 0 Å². The van der Waals surface area contributed by atoms with E-state index in [4.69, 9.17) is 0 Å². The maximum atomic E-state index is 11.4. The zero-order chi connectivity index (χ0) is 10.6. The molecule has 0 aliphatic carbocycles. The van der Waals surface area contributed by atoms with Crippen molar-refractivity contribution in [3.63, 3.8) is 0 Å². The lowest BCUT2D eigenvalue weighted by Gasteiger charge is -2.23. The van der Waals surface area contributed by atoms with E-state index in [0.29, 0.717) is 12.5 Å². The highest BCUT2D eigenvalue weighted by atomic mass is 32.2. The van der Waals surface area contributed by atoms with Crippen LogP contribution in [0.5, 0.6) is 0 Å². The van der Waals surface area contributed by atoms with Crippen LogP contribution < -0.4 is 10.0 Å². The van der Waals surface area contributed by atoms with Crippen LogP contribution in [0.4, 0.5) is 0 Å². The predicted octanol–water partition coefficient (Wildman–Crippen LogP) is 0.314. The molecule has 1 aliphatic rings. The van der Waals surface area contributed by atoms with Gasteiger partial charge < -0.3 is 5.32 Å². The molecule has 1 aliphatic heterocycles. The lowest BCUT2D eigenvalue weighted by molar-refractivity contribution is 0.372. The molecular weight excluding hydrogens is 200 g/mol. The maximum Gasteiger partial charge on any atom is 0.213 e. The van der Waals surface area contributed by atoms with Crippen molar-refractivity contribution < 1.29 is 8.42 Å². The van der Waals surface area contributed by atoms with E-state index in [1.165, 1.54) is 0 Å². The Balaban J connectivity index is 2.32. The van der Waals surface area contributed by atoms with Gasteiger partial charge in [0.1, 0.15) is 0 Å². The van der Waals surface area contributed by atoms with E-state index < -0.39 is 10.0 Å². The minimum Gasteiger partial charge on any atom is -0.317 e. The lowest BCUT2D eigenvalue weighted by atomic mass is 9.99. The molecule has 0 unspecified atom stereocenters. The van der Waals surface area contributed by atoms with E-state index in [2.05, 4.69) is 10.0 Å². The van der Waals surface area contributed by atoms with Crippen molar-refractivity contribution in [1.29, 1.82) is 0 Å². The Kier molecular flexibility index (Phi) is 4.34. The van der Waals surface area contributed by atoms with Crippen molar-refractivity contribution in [2.24, 2.45) is 5.92 Å². The van der Waals surface area contributed by atoms with Gasteiger partial charge in [-0.05, 0) is 45.7 Å². The van der Waals surface area contributed by atoms with Crippen LogP contribution in [0.1, 0.15) is 26.7 Å². The van der Waals surface area contributed by atoms with Gasteiger partial charge in [-0.25, -0.2) is 13.1 Å². The standard InChI is InChI=1S/C9H20N2O2S/c1-8(2)14(12,13)11-7-9-3-5-10-6-4-9/h8-11H,3-7H2,1-2H3. The zero-order valence-electron chi connectivity index (χ0n) is 8.91. The second-order valence-corrected chi connectivity index (χ2v) is 6.46. The number of rotatable bonds is 4. The van der Waals surface area contributed by atoms with Crippen LogP contribution in [-0.2, 0) is 10.0 Å². The molecule has 0 aromatic rings. The van der Waals surface area contributed by atoms with Gasteiger partial charge in [0, 0.05) is 6.54 Å². The molecule has 0 radical (unpaired) electrons. The molecular formula is C9H20N2O2S. The summed E-state index contributed by atoms with van der Waals surface area (Å²) in [6, 6.07) is 0. The van der Waals surface area contributed by atoms with Gasteiger partial charge in [-0.2, -0.15) is 0 Å². The third-order valence-electron chi connectivity index (χ3n) is 2.65. The first-order chi connectivity index (χ1) is 6.52. The molecule has 5 heteroatoms. The van der Waals surface area contributed by atoms with Crippen molar-refractivity contribution in [1.82, 2.24) is 10.0 Å². The average Bonchev–Trinajstić information content (AvgIpc) is 2.16. The largest absolute Gasteiger partial charge is 0.317 e. The Labute approximate surface area is 86.5 Å². The molecule has 0 atom stereocenters. The van der Waals surface area contributed by atoms with Gasteiger partial charge in [0.25, 0.3) is 0 Å². The number of sulfonamides is 1. The lowest BCUT2D eigenvalue weighted by Crippen LogP contribution is -2.38. The van der Waals surface area contributed by atoms with Crippen molar-refractivity contribution in [3.05, 3.63) is 0 Å². The molecule has 84 valence electrons. The van der Waals surface area contributed by atoms with Crippen molar-refractivity contribution in [2.45, 2.75) is 31.9 Å². The Hall–Kier alpha value is -0.130. The molecule has 14 heavy (non-hydrogen) atoms. The topological polar surface area (TPSA) is 58.2 Å². The summed E-state index contributed by atoms with van der Waals surface area (Å²) < 4.78 is 25.6. The van der Waals surface area contributed by atoms with Gasteiger partial charge in [-0.3, -0.25) is 0 Å². The van der Waals surface area contributed by atoms with Gasteiger partial charge in [-0.15, -0.1) is 0 Å². The highest BCUT2D eigenvalue weighted by molar-refractivity contribution is 7.90. The fraction of sp³-hybridized carbons (Fsp3) is 1.00. The maximum absolute atomic E-state index is 11.4. The molecule has 0 aromatic heterocycles. The zero-order valence-corrected chi connectivity index (χ0v) is 9.73. The molecule has 0 bridgehead atoms. The summed E-state index contributed by atoms with van der Waals surface area (Å²) in [5.41, 5.74) is 0. The third kappa shape index (κ3) is 3.55. The molecule has 1 rings (SSSR count). The fourth-order valence-electron chi connectivity index (χ4n) is 1.49. The summed E-state index contributed by atoms with van der Waals surface area (Å²) >= 11 is 0. The highest BCUT2D eigenvalue weighted by Gasteiger charge is 2.19. The van der Waals surface area contributed by atoms with Crippen molar-refractivity contribution in [3.8, 4) is 0 Å². The number of hydrogen-bond donors (Lipinski definition) is 2. The first kappa shape index (κ1) is 11.9. The summed E-state index contributed by atoms with van der Waals surface area (Å²) in [4.78, 5) is 0. The van der Waals surface area contributed by atoms with E-state index in [1.807, 2.05) is 0 Å². The highest BCUT2D eigenvalue weighted by Crippen LogP contribution is 2.10. The summed E-state index contributed by atoms with van der Waals surface area (Å²) in [7, 11) is -3.07. The van der Waals surface area contributed by atoms with Crippen LogP contribution in [0.3, 0.4) is 0 Å². The molecule has 4 nitrogen and oxygen atoms in total. The molecule has 1 heterocycles. The van der Waals surface area contributed by atoms with Crippen LogP contribution >= 0.6 is 0 Å². The summed E-state index contributed by atoms with van der Waals surface area (Å²) in [5, 5.41) is 2.93. The van der Waals surface area contributed by atoms with Crippen molar-refractivity contribution >= 4 is 10.0 Å². The molecule has 0 spiro atoms. The summed E-state index contributed by atoms with van der Waals surface area (Å²) in [5.74, 6) is 0.504. The minimum absolute atomic E-state index is 0.329. The average molecular weight is 220 g/mol. The van der Waals surface area contributed by atoms with E-state index in [0.717, 1.165) is 25.9 Å². The van der Waals surface area contributed by atoms with Crippen molar-refractivity contribution in [2.75, 3.05) is 19.6 Å². The van der Waals surface area contributed by atoms with Crippen LogP contribution in [0.25, 0.3) is 0 Å². The molecule has 0 saturated carbocycles. The fourth-order valence-corrected chi connectivity index (χ4v) is 2.29. The van der Waals surface area contributed by atoms with E-state index in [-0.39, 0.29) is 5.25 Å². The molecule has 0 amide bonds. The smallest absolute Gasteiger partial charge is 0.213 e. The predicted molar refractivity (Wildman–Crippen MR) is 57.7 cm³/mol. The van der Waals surface area contributed by atoms with E-state index in [9.17, 15) is 8.42 Å². The van der Waals surface area contributed by atoms with Gasteiger partial charge >= 0.3 is 0 Å². The summed E-state index contributed by atoms with van der Waals surface area (Å²) in [6.07, 6.45) is 2.14. The Bertz CT molecular complexity index is 256. The first-order valence-corrected chi connectivity index (χ1v) is 6.76. The minimum atomic E-state index is -3.07. The van der Waals surface area contributed by atoms with Gasteiger partial charge in [0.15, 0.2) is 0 Å². The van der Waals surface area contributed by atoms with E-state index in [1.54, 1.807) is 13.8 Å². The normalized spacial score (nSPS) is 20.2. The number of hydrogen-bond acceptors (Lipinski definition) is 3. The van der Waals surface area contributed by atoms with E-state index >= 15 is 0 Å². The number of nitrogens with one attached hydrogen (secondary N) is 2. The van der Waals surface area contributed by atoms with Crippen LogP contribution in [0.2, 0.25) is 0 Å². The molecule has 1 saturated heterocycles. The third-order valence-corrected chi connectivity index (χ3v) is 4.46. The quantitative estimate of drug-likeness (QED) is 0.717. The van der Waals surface area contributed by atoms with Crippen LogP contribution in [-0.4, -0.2) is 33.3 Å². The van der Waals surface area contributed by atoms with Crippen LogP contribution in [0.15, 0.2) is 0 Å². The van der Waals surface area contributed by atoms with Gasteiger partial charge in [0.2, 0.25) is 10.0 Å². The second kappa shape index (κ2) is 5.09. The molecule has 0 aromatic carbocycles. The Morgan fingerprint density at radius 1 is 1.36 bits per heavy atom. The summed E-state index contributed by atoms with van der Waals surface area (Å²) in [6.45, 7) is 6.01. The SMILES string of the molecule is CC(C)S(=O)(=O)NCC1CCNCC1. The monoisotopic (exact) mass is 220 g/mol. The Morgan fingerprint density at radius 2 is 1.93 bits per heavy atom.